The Labute approximate surface area is 230 Å². The van der Waals surface area contributed by atoms with Gasteiger partial charge in [-0.2, -0.15) is 0 Å². The van der Waals surface area contributed by atoms with Gasteiger partial charge in [-0.05, 0) is 0 Å². The van der Waals surface area contributed by atoms with Gasteiger partial charge in [0, 0.05) is 0 Å². The topological polar surface area (TPSA) is 118 Å². The van der Waals surface area contributed by atoms with Crippen LogP contribution >= 0.6 is 6.83 Å². The number of carboxylic acids is 2. The molecule has 0 amide bonds. The fourth-order valence-electron chi connectivity index (χ4n) is 5.89. The summed E-state index contributed by atoms with van der Waals surface area (Å²) in [5, 5.41) is 20.4. The molecule has 1 aliphatic carbocycles. The van der Waals surface area contributed by atoms with Crippen LogP contribution in [0.5, 0.6) is 0 Å². The third kappa shape index (κ3) is 5.38. The van der Waals surface area contributed by atoms with Gasteiger partial charge < -0.3 is 0 Å². The SMILES string of the molecule is CCCCP(OS(=O)(=O)C1CC(C(=O)O)CC(C(=O)O)C1)(c1ccccc1)(c1ccccc1)c1ccccc1. The van der Waals surface area contributed by atoms with Crippen molar-refractivity contribution in [2.45, 2.75) is 44.3 Å². The van der Waals surface area contributed by atoms with Gasteiger partial charge in [-0.25, -0.2) is 0 Å². The molecule has 9 heteroatoms. The molecule has 2 atom stereocenters. The monoisotopic (exact) mass is 570 g/mol. The zero-order valence-electron chi connectivity index (χ0n) is 21.9. The number of carbonyl (C=O) groups is 2. The predicted molar refractivity (Wildman–Crippen MR) is 155 cm³/mol. The average Bonchev–Trinajstić information content (AvgIpc) is 2.96. The van der Waals surface area contributed by atoms with Gasteiger partial charge in [-0.15, -0.1) is 0 Å². The number of aliphatic carboxylic acids is 2. The van der Waals surface area contributed by atoms with E-state index >= 15 is 0 Å². The Morgan fingerprint density at radius 2 is 1.13 bits per heavy atom. The van der Waals surface area contributed by atoms with Crippen LogP contribution < -0.4 is 15.9 Å². The van der Waals surface area contributed by atoms with Gasteiger partial charge in [0.2, 0.25) is 0 Å². The van der Waals surface area contributed by atoms with E-state index in [1.807, 2.05) is 97.9 Å². The maximum atomic E-state index is 14.5. The molecule has 0 heterocycles. The molecule has 0 aliphatic heterocycles. The molecule has 2 N–H and O–H groups in total. The zero-order chi connectivity index (χ0) is 28.1. The summed E-state index contributed by atoms with van der Waals surface area (Å²) in [4.78, 5) is 23.9. The average molecular weight is 571 g/mol. The van der Waals surface area contributed by atoms with E-state index in [1.54, 1.807) is 0 Å². The number of rotatable bonds is 11. The third-order valence-corrected chi connectivity index (χ3v) is 16.6. The van der Waals surface area contributed by atoms with Gasteiger partial charge in [0.05, 0.1) is 0 Å². The first kappa shape index (κ1) is 28.9. The standard InChI is InChI=1S/C30H35O7PS/c1-2-3-19-38(25-13-7-4-8-14-25,26-15-9-5-10-16-26,27-17-11-6-12-18-27)37-39(35,36)28-21-23(29(31)32)20-24(22-28)30(33)34/h4-18,23-24,28H,2-3,19-22H2,1H3,(H,31,32)(H,33,34). The van der Waals surface area contributed by atoms with Crippen molar-refractivity contribution in [3.63, 3.8) is 0 Å². The molecule has 7 nitrogen and oxygen atoms in total. The van der Waals surface area contributed by atoms with E-state index in [0.29, 0.717) is 12.6 Å². The molecule has 0 spiro atoms. The molecule has 0 bridgehead atoms. The number of hydrogen-bond donors (Lipinski definition) is 2. The Kier molecular flexibility index (Phi) is 8.60. The second kappa shape index (κ2) is 11.6. The molecule has 208 valence electrons. The summed E-state index contributed by atoms with van der Waals surface area (Å²) in [6.45, 7) is -2.19. The van der Waals surface area contributed by atoms with Crippen LogP contribution in [-0.2, 0) is 23.7 Å². The van der Waals surface area contributed by atoms with E-state index in [4.69, 9.17) is 3.97 Å². The van der Waals surface area contributed by atoms with Crippen LogP contribution in [0.25, 0.3) is 0 Å². The molecule has 4 rings (SSSR count). The normalized spacial score (nSPS) is 20.9. The summed E-state index contributed by atoms with van der Waals surface area (Å²) in [7, 11) is -4.48. The Bertz CT molecular complexity index is 1270. The summed E-state index contributed by atoms with van der Waals surface area (Å²) in [5.74, 6) is -4.57. The van der Waals surface area contributed by atoms with Crippen molar-refractivity contribution < 1.29 is 32.2 Å². The van der Waals surface area contributed by atoms with E-state index < -0.39 is 46.0 Å². The van der Waals surface area contributed by atoms with Gasteiger partial charge in [-0.3, -0.25) is 0 Å². The maximum absolute atomic E-state index is 14.5. The molecule has 2 unspecified atom stereocenters. The van der Waals surface area contributed by atoms with Crippen molar-refractivity contribution in [2.24, 2.45) is 11.8 Å². The van der Waals surface area contributed by atoms with Crippen molar-refractivity contribution in [1.29, 1.82) is 0 Å². The zero-order valence-corrected chi connectivity index (χ0v) is 23.6. The summed E-state index contributed by atoms with van der Waals surface area (Å²) in [5.41, 5.74) is 0. The van der Waals surface area contributed by atoms with Crippen molar-refractivity contribution in [1.82, 2.24) is 0 Å². The minimum atomic E-state index is -4.48. The Balaban J connectivity index is 2.02. The summed E-state index contributed by atoms with van der Waals surface area (Å²) in [6.07, 6.45) is 1.38. The van der Waals surface area contributed by atoms with Crippen LogP contribution in [0.3, 0.4) is 0 Å². The summed E-state index contributed by atoms with van der Waals surface area (Å²) < 4.78 is 35.7. The molecule has 3 aromatic carbocycles. The molecular formula is C30H35O7PS. The summed E-state index contributed by atoms with van der Waals surface area (Å²) in [6, 6.07) is 28.3. The first-order valence-corrected chi connectivity index (χ1v) is 17.0. The van der Waals surface area contributed by atoms with Gasteiger partial charge >= 0.3 is 230 Å². The quantitative estimate of drug-likeness (QED) is 0.325. The number of hydrogen-bond acceptors (Lipinski definition) is 5. The first-order chi connectivity index (χ1) is 18.6. The molecule has 1 saturated carbocycles. The molecule has 0 aromatic heterocycles. The van der Waals surface area contributed by atoms with Crippen molar-refractivity contribution in [3.8, 4) is 0 Å². The molecule has 3 aromatic rings. The predicted octanol–water partition coefficient (Wildman–Crippen LogP) is 4.53. The second-order valence-electron chi connectivity index (χ2n) is 10.3. The molecule has 39 heavy (non-hydrogen) atoms. The number of benzene rings is 3. The van der Waals surface area contributed by atoms with Crippen molar-refractivity contribution in [2.75, 3.05) is 6.16 Å². The van der Waals surface area contributed by atoms with Crippen LogP contribution in [0.15, 0.2) is 91.0 Å². The van der Waals surface area contributed by atoms with Crippen molar-refractivity contribution in [3.05, 3.63) is 91.0 Å². The third-order valence-electron chi connectivity index (χ3n) is 7.88. The molecule has 1 fully saturated rings. The van der Waals surface area contributed by atoms with E-state index in [1.165, 1.54) is 0 Å². The van der Waals surface area contributed by atoms with E-state index in [9.17, 15) is 28.2 Å². The van der Waals surface area contributed by atoms with Crippen LogP contribution in [0.1, 0.15) is 39.0 Å². The van der Waals surface area contributed by atoms with Gasteiger partial charge in [0.15, 0.2) is 0 Å². The number of unbranched alkanes of at least 4 members (excludes halogenated alkanes) is 1. The van der Waals surface area contributed by atoms with Gasteiger partial charge in [0.25, 0.3) is 0 Å². The molecule has 0 radical (unpaired) electrons. The fraction of sp³-hybridized carbons (Fsp3) is 0.333. The minimum absolute atomic E-state index is 0.105. The number of carboxylic acid groups (broad SMARTS) is 2. The molecule has 1 aliphatic rings. The molecule has 0 saturated heterocycles. The first-order valence-electron chi connectivity index (χ1n) is 13.2. The Hall–Kier alpha value is -3.06. The molecular weight excluding hydrogens is 535 g/mol. The second-order valence-corrected chi connectivity index (χ2v) is 16.9. The Morgan fingerprint density at radius 1 is 0.744 bits per heavy atom. The summed E-state index contributed by atoms with van der Waals surface area (Å²) >= 11 is 0. The van der Waals surface area contributed by atoms with E-state index in [2.05, 4.69) is 0 Å². The van der Waals surface area contributed by atoms with Gasteiger partial charge in [-0.1, -0.05) is 0 Å². The van der Waals surface area contributed by atoms with Crippen LogP contribution in [0, 0.1) is 11.8 Å². The fourth-order valence-corrected chi connectivity index (χ4v) is 15.5. The van der Waals surface area contributed by atoms with Crippen molar-refractivity contribution >= 4 is 44.8 Å². The van der Waals surface area contributed by atoms with Crippen LogP contribution in [0.4, 0.5) is 0 Å². The van der Waals surface area contributed by atoms with Gasteiger partial charge in [0.1, 0.15) is 0 Å². The van der Waals surface area contributed by atoms with Crippen LogP contribution in [-0.4, -0.2) is 42.0 Å². The van der Waals surface area contributed by atoms with E-state index in [-0.39, 0.29) is 19.3 Å². The Morgan fingerprint density at radius 3 is 1.46 bits per heavy atom. The van der Waals surface area contributed by atoms with E-state index in [0.717, 1.165) is 22.3 Å². The van der Waals surface area contributed by atoms with Crippen LogP contribution in [0.2, 0.25) is 0 Å².